The maximum absolute atomic E-state index is 15.1. The first-order chi connectivity index (χ1) is 18.7. The lowest BCUT2D eigenvalue weighted by Crippen LogP contribution is -2.58. The molecular formula is C29H32F2N4O3S. The quantitative estimate of drug-likeness (QED) is 0.402. The van der Waals surface area contributed by atoms with E-state index >= 15 is 4.39 Å². The lowest BCUT2D eigenvalue weighted by molar-refractivity contribution is -0.130. The molecule has 0 N–H and O–H groups in total. The van der Waals surface area contributed by atoms with E-state index in [1.807, 2.05) is 33.8 Å². The Morgan fingerprint density at radius 3 is 2.59 bits per heavy atom. The molecule has 0 unspecified atom stereocenters. The predicted molar refractivity (Wildman–Crippen MR) is 151 cm³/mol. The van der Waals surface area contributed by atoms with Crippen molar-refractivity contribution in [2.24, 2.45) is 0 Å². The molecule has 0 aliphatic carbocycles. The Morgan fingerprint density at radius 1 is 1.23 bits per heavy atom. The summed E-state index contributed by atoms with van der Waals surface area (Å²) in [4.78, 5) is 35.4. The van der Waals surface area contributed by atoms with Gasteiger partial charge in [0.15, 0.2) is 0 Å². The van der Waals surface area contributed by atoms with Crippen LogP contribution >= 0.6 is 11.8 Å². The van der Waals surface area contributed by atoms with E-state index in [-0.39, 0.29) is 29.6 Å². The molecule has 206 valence electrons. The van der Waals surface area contributed by atoms with Gasteiger partial charge in [-0.15, -0.1) is 11.8 Å². The molecule has 0 radical (unpaired) electrons. The maximum Gasteiger partial charge on any atom is 0.350 e. The molecule has 39 heavy (non-hydrogen) atoms. The number of nitrogens with zero attached hydrogens (tertiary/aromatic N) is 4. The SMILES string of the molecule is C=CC(=O)N1[C@H](C)CN(c2nc(=O)n3c4c(c(-c5ccc(F)cc5F)c(C)cc24)SC[C@@H]3COCC)C[C@@H]1C. The Kier molecular flexibility index (Phi) is 7.52. The summed E-state index contributed by atoms with van der Waals surface area (Å²) in [5.41, 5.74) is 2.02. The molecular weight excluding hydrogens is 522 g/mol. The Morgan fingerprint density at radius 2 is 1.95 bits per heavy atom. The summed E-state index contributed by atoms with van der Waals surface area (Å²) in [6.07, 6.45) is 1.32. The highest BCUT2D eigenvalue weighted by Crippen LogP contribution is 2.46. The van der Waals surface area contributed by atoms with Crippen LogP contribution in [0.5, 0.6) is 0 Å². The summed E-state index contributed by atoms with van der Waals surface area (Å²) in [6.45, 7) is 13.2. The zero-order chi connectivity index (χ0) is 28.0. The van der Waals surface area contributed by atoms with Crippen LogP contribution in [0.2, 0.25) is 0 Å². The van der Waals surface area contributed by atoms with E-state index in [0.717, 1.165) is 21.9 Å². The van der Waals surface area contributed by atoms with Crippen molar-refractivity contribution in [3.8, 4) is 11.1 Å². The number of hydrogen-bond acceptors (Lipinski definition) is 6. The van der Waals surface area contributed by atoms with Crippen molar-refractivity contribution in [2.45, 2.75) is 50.7 Å². The summed E-state index contributed by atoms with van der Waals surface area (Å²) >= 11 is 1.55. The minimum Gasteiger partial charge on any atom is -0.380 e. The molecule has 1 fully saturated rings. The Hall–Kier alpha value is -3.24. The number of hydrogen-bond donors (Lipinski definition) is 0. The van der Waals surface area contributed by atoms with Gasteiger partial charge in [0.05, 0.1) is 18.2 Å². The summed E-state index contributed by atoms with van der Waals surface area (Å²) in [7, 11) is 0. The van der Waals surface area contributed by atoms with Crippen LogP contribution in [-0.2, 0) is 9.53 Å². The molecule has 0 saturated carbocycles. The van der Waals surface area contributed by atoms with E-state index in [9.17, 15) is 14.0 Å². The number of carbonyl (C=O) groups is 1. The molecule has 1 aromatic heterocycles. The molecule has 2 aromatic carbocycles. The fourth-order valence-electron chi connectivity index (χ4n) is 5.90. The van der Waals surface area contributed by atoms with E-state index in [1.54, 1.807) is 21.2 Å². The van der Waals surface area contributed by atoms with Crippen LogP contribution in [0, 0.1) is 18.6 Å². The molecule has 1 amide bonds. The van der Waals surface area contributed by atoms with Gasteiger partial charge in [-0.25, -0.2) is 13.6 Å². The lowest BCUT2D eigenvalue weighted by atomic mass is 9.96. The number of carbonyl (C=O) groups excluding carboxylic acids is 1. The third-order valence-electron chi connectivity index (χ3n) is 7.49. The number of rotatable bonds is 6. The van der Waals surface area contributed by atoms with Crippen LogP contribution in [-0.4, -0.2) is 64.5 Å². The van der Waals surface area contributed by atoms with Crippen LogP contribution in [0.1, 0.15) is 32.4 Å². The standard InChI is InChI=1S/C29H32F2N4O3S/c1-6-24(36)34-17(4)12-33(13-18(34)5)28-22-10-16(3)25(21-9-8-19(30)11-23(21)31)27-26(22)35(29(37)32-28)20(15-39-27)14-38-7-2/h6,8-11,17-18,20H,1,7,12-15H2,2-5H3/t17-,18+,20-/m0/s1. The predicted octanol–water partition coefficient (Wildman–Crippen LogP) is 4.95. The number of aryl methyl sites for hydroxylation is 1. The van der Waals surface area contributed by atoms with Gasteiger partial charge in [0.1, 0.15) is 17.5 Å². The van der Waals surface area contributed by atoms with Gasteiger partial charge in [-0.3, -0.25) is 9.36 Å². The highest BCUT2D eigenvalue weighted by Gasteiger charge is 2.35. The van der Waals surface area contributed by atoms with Crippen molar-refractivity contribution in [3.05, 3.63) is 64.6 Å². The van der Waals surface area contributed by atoms with Crippen LogP contribution in [0.3, 0.4) is 0 Å². The van der Waals surface area contributed by atoms with Crippen molar-refractivity contribution in [3.63, 3.8) is 0 Å². The van der Waals surface area contributed by atoms with Gasteiger partial charge in [-0.1, -0.05) is 6.58 Å². The van der Waals surface area contributed by atoms with Gasteiger partial charge < -0.3 is 14.5 Å². The number of thioether (sulfide) groups is 1. The monoisotopic (exact) mass is 554 g/mol. The number of amides is 1. The lowest BCUT2D eigenvalue weighted by Gasteiger charge is -2.45. The molecule has 3 heterocycles. The van der Waals surface area contributed by atoms with Crippen molar-refractivity contribution >= 4 is 34.4 Å². The topological polar surface area (TPSA) is 67.7 Å². The van der Waals surface area contributed by atoms with E-state index < -0.39 is 17.3 Å². The molecule has 10 heteroatoms. The van der Waals surface area contributed by atoms with Crippen molar-refractivity contribution in [2.75, 3.05) is 37.0 Å². The Labute approximate surface area is 230 Å². The zero-order valence-corrected chi connectivity index (χ0v) is 23.4. The second kappa shape index (κ2) is 10.7. The Balaban J connectivity index is 1.74. The van der Waals surface area contributed by atoms with Crippen LogP contribution in [0.15, 0.2) is 46.6 Å². The van der Waals surface area contributed by atoms with Gasteiger partial charge >= 0.3 is 5.69 Å². The van der Waals surface area contributed by atoms with E-state index in [1.165, 1.54) is 18.2 Å². The average Bonchev–Trinajstić information content (AvgIpc) is 2.89. The van der Waals surface area contributed by atoms with Gasteiger partial charge in [-0.2, -0.15) is 4.98 Å². The molecule has 2 aliphatic rings. The minimum absolute atomic E-state index is 0.125. The van der Waals surface area contributed by atoms with Crippen LogP contribution < -0.4 is 10.6 Å². The maximum atomic E-state index is 15.1. The third-order valence-corrected chi connectivity index (χ3v) is 8.73. The largest absolute Gasteiger partial charge is 0.380 e. The smallest absolute Gasteiger partial charge is 0.350 e. The van der Waals surface area contributed by atoms with Crippen molar-refractivity contribution in [1.82, 2.24) is 14.5 Å². The van der Waals surface area contributed by atoms with Crippen molar-refractivity contribution < 1.29 is 18.3 Å². The highest BCUT2D eigenvalue weighted by atomic mass is 32.2. The van der Waals surface area contributed by atoms with Crippen molar-refractivity contribution in [1.29, 1.82) is 0 Å². The summed E-state index contributed by atoms with van der Waals surface area (Å²) in [5.74, 6) is -0.327. The molecule has 0 bridgehead atoms. The highest BCUT2D eigenvalue weighted by molar-refractivity contribution is 7.99. The van der Waals surface area contributed by atoms with Gasteiger partial charge in [0.2, 0.25) is 5.91 Å². The molecule has 7 nitrogen and oxygen atoms in total. The van der Waals surface area contributed by atoms with E-state index in [4.69, 9.17) is 4.74 Å². The number of piperazine rings is 1. The number of benzene rings is 2. The average molecular weight is 555 g/mol. The molecule has 5 rings (SSSR count). The van der Waals surface area contributed by atoms with E-state index in [2.05, 4.69) is 16.5 Å². The van der Waals surface area contributed by atoms with Crippen LogP contribution in [0.4, 0.5) is 14.6 Å². The zero-order valence-electron chi connectivity index (χ0n) is 22.5. The fourth-order valence-corrected chi connectivity index (χ4v) is 7.26. The Bertz CT molecular complexity index is 1510. The molecule has 2 aliphatic heterocycles. The number of anilines is 1. The normalized spacial score (nSPS) is 20.9. The summed E-state index contributed by atoms with van der Waals surface area (Å²) < 4.78 is 36.2. The molecule has 3 atom stereocenters. The first-order valence-electron chi connectivity index (χ1n) is 13.1. The molecule has 3 aromatic rings. The van der Waals surface area contributed by atoms with Gasteiger partial charge in [0, 0.05) is 65.0 Å². The van der Waals surface area contributed by atoms with Gasteiger partial charge in [0.25, 0.3) is 0 Å². The summed E-state index contributed by atoms with van der Waals surface area (Å²) in [6, 6.07) is 5.03. The second-order valence-corrected chi connectivity index (χ2v) is 11.2. The second-order valence-electron chi connectivity index (χ2n) is 10.2. The number of ether oxygens (including phenoxy) is 1. The number of aromatic nitrogens is 2. The van der Waals surface area contributed by atoms with E-state index in [0.29, 0.717) is 49.0 Å². The minimum atomic E-state index is -0.653. The third kappa shape index (κ3) is 4.74. The fraction of sp³-hybridized carbons (Fsp3) is 0.414. The number of halogens is 2. The first-order valence-corrected chi connectivity index (χ1v) is 14.1. The molecule has 1 saturated heterocycles. The summed E-state index contributed by atoms with van der Waals surface area (Å²) in [5, 5.41) is 0.782. The van der Waals surface area contributed by atoms with Crippen LogP contribution in [0.25, 0.3) is 22.0 Å². The molecule has 0 spiro atoms. The first kappa shape index (κ1) is 27.3. The van der Waals surface area contributed by atoms with Gasteiger partial charge in [-0.05, 0) is 57.5 Å².